The zero-order valence-electron chi connectivity index (χ0n) is 10.5. The zero-order chi connectivity index (χ0) is 13.1. The van der Waals surface area contributed by atoms with Crippen LogP contribution in [0.25, 0.3) is 0 Å². The van der Waals surface area contributed by atoms with E-state index in [2.05, 4.69) is 4.72 Å². The first kappa shape index (κ1) is 13.0. The van der Waals surface area contributed by atoms with Gasteiger partial charge in [-0.1, -0.05) is 0 Å². The molecule has 1 fully saturated rings. The van der Waals surface area contributed by atoms with Crippen LogP contribution in [-0.4, -0.2) is 26.1 Å². The Morgan fingerprint density at radius 1 is 1.39 bits per heavy atom. The highest BCUT2D eigenvalue weighted by Gasteiger charge is 2.25. The summed E-state index contributed by atoms with van der Waals surface area (Å²) >= 11 is 0.958. The van der Waals surface area contributed by atoms with Crippen molar-refractivity contribution in [2.24, 2.45) is 0 Å². The molecule has 2 rings (SSSR count). The highest BCUT2D eigenvalue weighted by Crippen LogP contribution is 2.36. The first-order chi connectivity index (χ1) is 8.67. The van der Waals surface area contributed by atoms with E-state index in [1.54, 1.807) is 14.2 Å². The van der Waals surface area contributed by atoms with Crippen LogP contribution in [0.5, 0.6) is 11.5 Å². The fourth-order valence-corrected chi connectivity index (χ4v) is 2.51. The molecule has 0 radical (unpaired) electrons. The average molecular weight is 269 g/mol. The van der Waals surface area contributed by atoms with Crippen LogP contribution in [0.4, 0.5) is 4.79 Å². The summed E-state index contributed by atoms with van der Waals surface area (Å²) in [7, 11) is 3.24. The maximum atomic E-state index is 11.0. The summed E-state index contributed by atoms with van der Waals surface area (Å²) in [6, 6.07) is 3.73. The number of nitrogens with one attached hydrogen (secondary N) is 1. The number of carbonyl (C=O) groups is 1. The fourth-order valence-electron chi connectivity index (χ4n) is 1.95. The molecule has 0 aromatic heterocycles. The second-order valence-electron chi connectivity index (χ2n) is 3.85. The molecule has 1 aromatic carbocycles. The number of cyclic esters (lactones) is 1. The van der Waals surface area contributed by atoms with Gasteiger partial charge >= 0.3 is 5.30 Å². The molecule has 0 aliphatic carbocycles. The highest BCUT2D eigenvalue weighted by atomic mass is 32.2. The van der Waals surface area contributed by atoms with Gasteiger partial charge in [-0.2, -0.15) is 0 Å². The highest BCUT2D eigenvalue weighted by molar-refractivity contribution is 8.11. The van der Waals surface area contributed by atoms with Gasteiger partial charge in [0.05, 0.1) is 20.3 Å². The minimum atomic E-state index is -0.310. The van der Waals surface area contributed by atoms with Gasteiger partial charge in [0.15, 0.2) is 0 Å². The minimum Gasteiger partial charge on any atom is -0.496 e. The third-order valence-electron chi connectivity index (χ3n) is 2.84. The van der Waals surface area contributed by atoms with Crippen LogP contribution in [0.3, 0.4) is 0 Å². The number of hydrogen-bond donors (Lipinski definition) is 1. The van der Waals surface area contributed by atoms with Crippen LogP contribution < -0.4 is 14.2 Å². The normalized spacial score (nSPS) is 19.3. The summed E-state index contributed by atoms with van der Waals surface area (Å²) in [5, 5.41) is -0.310. The largest absolute Gasteiger partial charge is 0.496 e. The van der Waals surface area contributed by atoms with Gasteiger partial charge in [0.25, 0.3) is 0 Å². The Labute approximate surface area is 110 Å². The van der Waals surface area contributed by atoms with E-state index in [1.165, 1.54) is 0 Å². The summed E-state index contributed by atoms with van der Waals surface area (Å²) < 4.78 is 18.7. The molecule has 98 valence electrons. The maximum Gasteiger partial charge on any atom is 0.382 e. The number of benzene rings is 1. The fraction of sp³-hybridized carbons (Fsp3) is 0.417. The Hall–Kier alpha value is -1.40. The van der Waals surface area contributed by atoms with Crippen LogP contribution in [0.1, 0.15) is 17.2 Å². The predicted octanol–water partition coefficient (Wildman–Crippen LogP) is 2.44. The van der Waals surface area contributed by atoms with Crippen molar-refractivity contribution >= 4 is 17.2 Å². The molecule has 1 aliphatic heterocycles. The van der Waals surface area contributed by atoms with Gasteiger partial charge in [0, 0.05) is 23.1 Å². The molecule has 1 N–H and O–H groups in total. The van der Waals surface area contributed by atoms with Crippen molar-refractivity contribution in [1.82, 2.24) is 4.72 Å². The second-order valence-corrected chi connectivity index (χ2v) is 4.62. The van der Waals surface area contributed by atoms with Gasteiger partial charge in [-0.25, -0.2) is 9.52 Å². The topological polar surface area (TPSA) is 56.8 Å². The predicted molar refractivity (Wildman–Crippen MR) is 69.1 cm³/mol. The molecule has 5 nitrogen and oxygen atoms in total. The lowest BCUT2D eigenvalue weighted by molar-refractivity contribution is 0.158. The Morgan fingerprint density at radius 3 is 2.72 bits per heavy atom. The minimum absolute atomic E-state index is 0.0766. The van der Waals surface area contributed by atoms with E-state index in [9.17, 15) is 4.79 Å². The third-order valence-corrected chi connectivity index (χ3v) is 3.53. The first-order valence-electron chi connectivity index (χ1n) is 5.48. The lowest BCUT2D eigenvalue weighted by Crippen LogP contribution is -2.28. The van der Waals surface area contributed by atoms with Crippen LogP contribution in [0.15, 0.2) is 12.1 Å². The van der Waals surface area contributed by atoms with Crippen LogP contribution in [0.2, 0.25) is 0 Å². The van der Waals surface area contributed by atoms with Crippen molar-refractivity contribution in [2.45, 2.75) is 13.0 Å². The van der Waals surface area contributed by atoms with Gasteiger partial charge in [0.2, 0.25) is 0 Å². The number of hydrogen-bond acceptors (Lipinski definition) is 6. The third kappa shape index (κ3) is 2.39. The van der Waals surface area contributed by atoms with Crippen molar-refractivity contribution in [2.75, 3.05) is 20.8 Å². The molecule has 6 heteroatoms. The molecular formula is C12H15NO4S. The van der Waals surface area contributed by atoms with E-state index in [0.717, 1.165) is 34.6 Å². The van der Waals surface area contributed by atoms with E-state index < -0.39 is 0 Å². The van der Waals surface area contributed by atoms with Gasteiger partial charge in [0.1, 0.15) is 18.1 Å². The molecule has 1 heterocycles. The molecule has 0 saturated carbocycles. The summed E-state index contributed by atoms with van der Waals surface area (Å²) in [5.74, 6) is 1.53. The molecule has 18 heavy (non-hydrogen) atoms. The number of methoxy groups -OCH3 is 2. The number of ether oxygens (including phenoxy) is 3. The van der Waals surface area contributed by atoms with Gasteiger partial charge in [-0.15, -0.1) is 0 Å². The van der Waals surface area contributed by atoms with Gasteiger partial charge in [-0.3, -0.25) is 0 Å². The van der Waals surface area contributed by atoms with Gasteiger partial charge in [-0.05, 0) is 19.1 Å². The van der Waals surface area contributed by atoms with Crippen LogP contribution in [-0.2, 0) is 4.74 Å². The molecule has 1 aliphatic rings. The van der Waals surface area contributed by atoms with Crippen molar-refractivity contribution in [3.8, 4) is 11.5 Å². The second kappa shape index (κ2) is 5.49. The van der Waals surface area contributed by atoms with Crippen molar-refractivity contribution in [3.63, 3.8) is 0 Å². The van der Waals surface area contributed by atoms with Gasteiger partial charge < -0.3 is 14.2 Å². The summed E-state index contributed by atoms with van der Waals surface area (Å²) in [6.45, 7) is 2.23. The molecule has 1 aromatic rings. The Kier molecular flexibility index (Phi) is 3.98. The van der Waals surface area contributed by atoms with Crippen molar-refractivity contribution in [1.29, 1.82) is 0 Å². The first-order valence-corrected chi connectivity index (χ1v) is 6.29. The molecular weight excluding hydrogens is 254 g/mol. The number of carbonyl (C=O) groups excluding carboxylic acids is 1. The van der Waals surface area contributed by atoms with Crippen LogP contribution in [0, 0.1) is 6.92 Å². The SMILES string of the molecule is COc1ccc([C@@H]2COC(=O)SN2)c(OC)c1C. The smallest absolute Gasteiger partial charge is 0.382 e. The Balaban J connectivity index is 2.33. The zero-order valence-corrected chi connectivity index (χ0v) is 11.3. The lowest BCUT2D eigenvalue weighted by Gasteiger charge is -2.25. The Morgan fingerprint density at radius 2 is 2.17 bits per heavy atom. The molecule has 0 spiro atoms. The summed E-state index contributed by atoms with van der Waals surface area (Å²) in [6.07, 6.45) is 0. The molecule has 0 unspecified atom stereocenters. The van der Waals surface area contributed by atoms with Crippen molar-refractivity contribution < 1.29 is 19.0 Å². The monoisotopic (exact) mass is 269 g/mol. The molecule has 0 bridgehead atoms. The van der Waals surface area contributed by atoms with Crippen LogP contribution >= 0.6 is 11.9 Å². The van der Waals surface area contributed by atoms with E-state index in [4.69, 9.17) is 14.2 Å². The standard InChI is InChI=1S/C12H15NO4S/c1-7-10(15-2)5-4-8(11(7)16-3)9-6-17-12(14)18-13-9/h4-5,9,13H,6H2,1-3H3/t9-/m0/s1. The van der Waals surface area contributed by atoms with E-state index >= 15 is 0 Å². The maximum absolute atomic E-state index is 11.0. The van der Waals surface area contributed by atoms with E-state index in [1.807, 2.05) is 19.1 Å². The summed E-state index contributed by atoms with van der Waals surface area (Å²) in [5.41, 5.74) is 1.89. The average Bonchev–Trinajstić information content (AvgIpc) is 2.39. The molecule has 1 atom stereocenters. The lowest BCUT2D eigenvalue weighted by atomic mass is 10.0. The van der Waals surface area contributed by atoms with Crippen molar-refractivity contribution in [3.05, 3.63) is 23.3 Å². The molecule has 0 amide bonds. The summed E-state index contributed by atoms with van der Waals surface area (Å²) in [4.78, 5) is 11.0. The van der Waals surface area contributed by atoms with E-state index in [-0.39, 0.29) is 11.3 Å². The van der Waals surface area contributed by atoms with E-state index in [0.29, 0.717) is 6.61 Å². The number of rotatable bonds is 3. The molecule has 1 saturated heterocycles. The quantitative estimate of drug-likeness (QED) is 0.672. The Bertz CT molecular complexity index is 454.